The fourth-order valence-corrected chi connectivity index (χ4v) is 6.16. The Labute approximate surface area is 201 Å². The monoisotopic (exact) mass is 449 g/mol. The van der Waals surface area contributed by atoms with Crippen LogP contribution in [0.5, 0.6) is 0 Å². The van der Waals surface area contributed by atoms with Gasteiger partial charge in [-0.1, -0.05) is 50.9 Å². The minimum absolute atomic E-state index is 0.101. The second kappa shape index (κ2) is 6.91. The summed E-state index contributed by atoms with van der Waals surface area (Å²) < 4.78 is 9.02. The summed E-state index contributed by atoms with van der Waals surface area (Å²) in [6.45, 7) is 14.0. The van der Waals surface area contributed by atoms with E-state index in [1.807, 2.05) is 12.5 Å². The predicted octanol–water partition coefficient (Wildman–Crippen LogP) is 7.59. The Bertz CT molecular complexity index is 1640. The summed E-state index contributed by atoms with van der Waals surface area (Å²) in [7, 11) is 2.05. The van der Waals surface area contributed by atoms with Gasteiger partial charge in [0.1, 0.15) is 23.1 Å². The molecule has 6 rings (SSSR count). The minimum atomic E-state index is 0.101. The lowest BCUT2D eigenvalue weighted by molar-refractivity contribution is -0.663. The molecule has 3 nitrogen and oxygen atoms in total. The molecular formula is C31H33N2O+. The molecule has 3 aromatic carbocycles. The normalized spacial score (nSPS) is 16.9. The molecule has 2 heterocycles. The Hall–Kier alpha value is -3.20. The third-order valence-corrected chi connectivity index (χ3v) is 8.41. The molecule has 0 unspecified atom stereocenters. The average molecular weight is 450 g/mol. The summed E-state index contributed by atoms with van der Waals surface area (Å²) in [5.41, 5.74) is 10.0. The summed E-state index contributed by atoms with van der Waals surface area (Å²) in [6.07, 6.45) is 6.11. The number of rotatable bonds is 1. The lowest BCUT2D eigenvalue weighted by Gasteiger charge is -2.42. The van der Waals surface area contributed by atoms with E-state index in [1.165, 1.54) is 56.6 Å². The molecule has 0 fully saturated rings. The molecule has 5 aromatic rings. The smallest absolute Gasteiger partial charge is 0.286 e. The van der Waals surface area contributed by atoms with Gasteiger partial charge >= 0.3 is 0 Å². The van der Waals surface area contributed by atoms with Crippen LogP contribution in [0, 0.1) is 13.8 Å². The number of hydrogen-bond donors (Lipinski definition) is 0. The summed E-state index contributed by atoms with van der Waals surface area (Å²) >= 11 is 0. The Morgan fingerprint density at radius 1 is 0.882 bits per heavy atom. The molecule has 0 aliphatic heterocycles. The van der Waals surface area contributed by atoms with Gasteiger partial charge in [-0.25, -0.2) is 4.57 Å². The Kier molecular flexibility index (Phi) is 4.34. The van der Waals surface area contributed by atoms with E-state index in [1.54, 1.807) is 0 Å². The van der Waals surface area contributed by atoms with Gasteiger partial charge in [0.2, 0.25) is 0 Å². The highest BCUT2D eigenvalue weighted by atomic mass is 16.3. The second-order valence-corrected chi connectivity index (χ2v) is 11.5. The summed E-state index contributed by atoms with van der Waals surface area (Å²) in [5, 5.41) is 4.96. The van der Waals surface area contributed by atoms with E-state index in [0.29, 0.717) is 0 Å². The van der Waals surface area contributed by atoms with Crippen LogP contribution >= 0.6 is 0 Å². The first kappa shape index (κ1) is 21.3. The third kappa shape index (κ3) is 2.82. The van der Waals surface area contributed by atoms with Gasteiger partial charge in [-0.2, -0.15) is 0 Å². The maximum Gasteiger partial charge on any atom is 0.286 e. The molecule has 0 atom stereocenters. The standard InChI is InChI=1S/C31H33N2O/c1-18-16-22-21-10-8-20-9-11-23-27(31(5,6)14-13-30(23,3)4)26(20)28(21)34-29(22)25(19(18)2)24-12-15-32-17-33(24)7/h8-12,15-17H,13-14H2,1-7H3/q+1. The number of hydrogen-bond acceptors (Lipinski definition) is 2. The Morgan fingerprint density at radius 3 is 2.38 bits per heavy atom. The van der Waals surface area contributed by atoms with Crippen molar-refractivity contribution >= 4 is 32.7 Å². The van der Waals surface area contributed by atoms with Crippen molar-refractivity contribution in [2.24, 2.45) is 7.05 Å². The number of benzene rings is 3. The highest BCUT2D eigenvalue weighted by Crippen LogP contribution is 2.51. The molecule has 34 heavy (non-hydrogen) atoms. The third-order valence-electron chi connectivity index (χ3n) is 8.41. The largest absolute Gasteiger partial charge is 0.455 e. The summed E-state index contributed by atoms with van der Waals surface area (Å²) in [6, 6.07) is 13.6. The Balaban J connectivity index is 1.82. The number of aryl methyl sites for hydroxylation is 2. The van der Waals surface area contributed by atoms with Crippen LogP contribution in [0.1, 0.15) is 62.8 Å². The maximum absolute atomic E-state index is 6.94. The Morgan fingerprint density at radius 2 is 1.62 bits per heavy atom. The van der Waals surface area contributed by atoms with Gasteiger partial charge in [0.05, 0.1) is 12.6 Å². The fourth-order valence-electron chi connectivity index (χ4n) is 6.16. The lowest BCUT2D eigenvalue weighted by atomic mass is 9.62. The van der Waals surface area contributed by atoms with Crippen molar-refractivity contribution in [1.82, 2.24) is 4.98 Å². The summed E-state index contributed by atoms with van der Waals surface area (Å²) in [5.74, 6) is 0. The van der Waals surface area contributed by atoms with Crippen molar-refractivity contribution in [3.8, 4) is 11.3 Å². The van der Waals surface area contributed by atoms with Crippen LogP contribution in [0.3, 0.4) is 0 Å². The second-order valence-electron chi connectivity index (χ2n) is 11.5. The van der Waals surface area contributed by atoms with Gasteiger partial charge in [-0.15, -0.1) is 0 Å². The van der Waals surface area contributed by atoms with Crippen molar-refractivity contribution < 1.29 is 8.98 Å². The molecule has 172 valence electrons. The van der Waals surface area contributed by atoms with E-state index < -0.39 is 0 Å². The first-order valence-electron chi connectivity index (χ1n) is 12.3. The van der Waals surface area contributed by atoms with Crippen LogP contribution in [0.25, 0.3) is 44.0 Å². The van der Waals surface area contributed by atoms with E-state index in [4.69, 9.17) is 4.42 Å². The van der Waals surface area contributed by atoms with Gasteiger partial charge in [-0.05, 0) is 77.3 Å². The summed E-state index contributed by atoms with van der Waals surface area (Å²) in [4.78, 5) is 4.30. The molecule has 0 spiro atoms. The van der Waals surface area contributed by atoms with E-state index in [2.05, 4.69) is 94.5 Å². The molecule has 1 aliphatic carbocycles. The van der Waals surface area contributed by atoms with E-state index in [0.717, 1.165) is 22.4 Å². The van der Waals surface area contributed by atoms with Crippen LogP contribution < -0.4 is 4.57 Å². The SMILES string of the molecule is Cc1cc2c(oc3c2ccc2ccc4c(c23)C(C)(C)CCC4(C)C)c(-c2ccnc[n+]2C)c1C. The van der Waals surface area contributed by atoms with Crippen LogP contribution in [-0.2, 0) is 17.9 Å². The molecule has 0 amide bonds. The lowest BCUT2D eigenvalue weighted by Crippen LogP contribution is -2.34. The topological polar surface area (TPSA) is 29.9 Å². The fraction of sp³-hybridized carbons (Fsp3) is 0.355. The van der Waals surface area contributed by atoms with E-state index >= 15 is 0 Å². The number of aromatic nitrogens is 2. The highest BCUT2D eigenvalue weighted by molar-refractivity contribution is 6.18. The molecule has 0 radical (unpaired) electrons. The van der Waals surface area contributed by atoms with Crippen molar-refractivity contribution in [3.05, 3.63) is 71.2 Å². The highest BCUT2D eigenvalue weighted by Gasteiger charge is 2.39. The van der Waals surface area contributed by atoms with Crippen LogP contribution in [0.4, 0.5) is 0 Å². The number of nitrogens with zero attached hydrogens (tertiary/aromatic N) is 2. The van der Waals surface area contributed by atoms with Gasteiger partial charge in [-0.3, -0.25) is 0 Å². The predicted molar refractivity (Wildman–Crippen MR) is 140 cm³/mol. The molecule has 2 aromatic heterocycles. The van der Waals surface area contributed by atoms with E-state index in [9.17, 15) is 0 Å². The number of fused-ring (bicyclic) bond motifs is 7. The molecule has 0 bridgehead atoms. The van der Waals surface area contributed by atoms with Crippen molar-refractivity contribution in [3.63, 3.8) is 0 Å². The minimum Gasteiger partial charge on any atom is -0.455 e. The maximum atomic E-state index is 6.94. The van der Waals surface area contributed by atoms with Crippen LogP contribution in [0.15, 0.2) is 53.3 Å². The van der Waals surface area contributed by atoms with Gasteiger partial charge in [0.15, 0.2) is 0 Å². The zero-order chi connectivity index (χ0) is 24.0. The zero-order valence-electron chi connectivity index (χ0n) is 21.3. The average Bonchev–Trinajstić information content (AvgIpc) is 3.16. The van der Waals surface area contributed by atoms with E-state index in [-0.39, 0.29) is 10.8 Å². The first-order chi connectivity index (χ1) is 16.1. The van der Waals surface area contributed by atoms with Crippen LogP contribution in [0.2, 0.25) is 0 Å². The molecule has 1 aliphatic rings. The molecule has 3 heteroatoms. The van der Waals surface area contributed by atoms with Crippen LogP contribution in [-0.4, -0.2) is 4.98 Å². The van der Waals surface area contributed by atoms with Crippen molar-refractivity contribution in [2.75, 3.05) is 0 Å². The molecule has 0 N–H and O–H groups in total. The van der Waals surface area contributed by atoms with Crippen molar-refractivity contribution in [1.29, 1.82) is 0 Å². The quantitative estimate of drug-likeness (QED) is 0.247. The van der Waals surface area contributed by atoms with Crippen molar-refractivity contribution in [2.45, 2.75) is 65.2 Å². The number of furan rings is 1. The molecule has 0 saturated carbocycles. The van der Waals surface area contributed by atoms with Gasteiger partial charge in [0.25, 0.3) is 6.33 Å². The van der Waals surface area contributed by atoms with Gasteiger partial charge < -0.3 is 4.42 Å². The first-order valence-corrected chi connectivity index (χ1v) is 12.3. The molecule has 0 saturated heterocycles. The van der Waals surface area contributed by atoms with Gasteiger partial charge in [0, 0.05) is 22.2 Å². The molecular weight excluding hydrogens is 416 g/mol. The zero-order valence-corrected chi connectivity index (χ0v) is 21.3.